The normalized spacial score (nSPS) is 10.7. The third kappa shape index (κ3) is 50.7. The molecule has 0 saturated heterocycles. The van der Waals surface area contributed by atoms with Crippen molar-refractivity contribution in [1.82, 2.24) is 35.4 Å². The number of nitrogens with one attached hydrogen (secondary N) is 3. The van der Waals surface area contributed by atoms with Gasteiger partial charge < -0.3 is 50.6 Å². The van der Waals surface area contributed by atoms with Crippen molar-refractivity contribution in [2.75, 3.05) is 148 Å². The van der Waals surface area contributed by atoms with E-state index in [1.807, 2.05) is 144 Å². The Morgan fingerprint density at radius 1 is 0.627 bits per heavy atom. The Morgan fingerprint density at radius 2 is 1.01 bits per heavy atom. The fourth-order valence-corrected chi connectivity index (χ4v) is 4.90. The summed E-state index contributed by atoms with van der Waals surface area (Å²) in [5.41, 5.74) is 8.16. The highest BCUT2D eigenvalue weighted by atomic mass is 16.3. The number of nitrogens with zero attached hydrogens (tertiary/aromatic N) is 7. The average molecular weight is 939 g/mol. The fourth-order valence-electron chi connectivity index (χ4n) is 4.90. The average Bonchev–Trinajstić information content (AvgIpc) is 3.88. The summed E-state index contributed by atoms with van der Waals surface area (Å²) in [5, 5.41) is 13.1. The lowest BCUT2D eigenvalue weighted by atomic mass is 9.96. The molecule has 12 nitrogen and oxygen atoms in total. The number of hydrogen-bond acceptors (Lipinski definition) is 12. The van der Waals surface area contributed by atoms with Crippen LogP contribution >= 0.6 is 0 Å². The topological polar surface area (TPSA) is 97.9 Å². The number of anilines is 4. The number of furan rings is 1. The maximum absolute atomic E-state index is 4.87. The lowest BCUT2D eigenvalue weighted by molar-refractivity contribution is 0.0244. The van der Waals surface area contributed by atoms with Gasteiger partial charge in [-0.25, -0.2) is 10.0 Å². The van der Waals surface area contributed by atoms with Crippen molar-refractivity contribution >= 4 is 22.9 Å². The molecule has 5 N–H and O–H groups in total. The van der Waals surface area contributed by atoms with Crippen LogP contribution in [-0.2, 0) is 0 Å². The summed E-state index contributed by atoms with van der Waals surface area (Å²) in [5.74, 6) is 3.55. The molecule has 0 aliphatic heterocycles. The number of nitrogens with two attached hydrogens (primary N) is 1. The van der Waals surface area contributed by atoms with Crippen molar-refractivity contribution in [3.05, 3.63) is 109 Å². The van der Waals surface area contributed by atoms with Gasteiger partial charge in [0.2, 0.25) is 0 Å². The largest absolute Gasteiger partial charge is 0.449 e. The standard InChI is InChI=1S/C13H13N.C8H11N.C7H15N.C6H16N2.C5H7NO.C5H9N.C5H13N.C3H9N.C2H7N.CH5N.H2/c1-14(12-8-4-2-5-9-12)13-10-6-3-7-11-13;1-9(2)8-6-4-3-5-7-8;1-8-7-5-3-2-4-6-7;1-6(2)8(5)7(3)4;1-6-5-3-2-4-7-5;1-4-5-6(2)3;1-4-6(3)5-2;1-4(2)3;1-3-2;1-2;/h2-11H,1H3;3-7H,1-2H3;7-8H,2-6H2,1H3;6H,1-5H3;2-4,6H,1H3;1-3H3;4-5H2,1-3H3;1-3H3;3H,1-2H3;2H2,1H3;1H. The number of hydrogen-bond donors (Lipinski definition) is 4. The molecular formula is C55H107N11O. The van der Waals surface area contributed by atoms with Crippen molar-refractivity contribution < 1.29 is 5.84 Å². The molecule has 1 saturated carbocycles. The van der Waals surface area contributed by atoms with Crippen LogP contribution in [0.15, 0.2) is 114 Å². The first-order chi connectivity index (χ1) is 31.8. The summed E-state index contributed by atoms with van der Waals surface area (Å²) in [6.45, 7) is 12.8. The van der Waals surface area contributed by atoms with Crippen molar-refractivity contribution in [2.24, 2.45) is 5.73 Å². The van der Waals surface area contributed by atoms with E-state index in [9.17, 15) is 0 Å². The van der Waals surface area contributed by atoms with Gasteiger partial charge in [0.25, 0.3) is 0 Å². The molecule has 1 aromatic heterocycles. The third-order valence-corrected chi connectivity index (χ3v) is 9.13. The second-order valence-electron chi connectivity index (χ2n) is 16.4. The molecule has 1 heterocycles. The van der Waals surface area contributed by atoms with Crippen molar-refractivity contribution in [1.29, 1.82) is 0 Å². The number of hydrazine groups is 1. The molecule has 5 rings (SSSR count). The van der Waals surface area contributed by atoms with Crippen LogP contribution in [0.4, 0.5) is 22.9 Å². The van der Waals surface area contributed by atoms with E-state index in [4.69, 9.17) is 4.42 Å². The second kappa shape index (κ2) is 52.4. The third-order valence-electron chi connectivity index (χ3n) is 9.13. The van der Waals surface area contributed by atoms with Gasteiger partial charge in [-0.2, -0.15) is 0 Å². The molecule has 3 aromatic carbocycles. The molecule has 0 unspecified atom stereocenters. The highest BCUT2D eigenvalue weighted by molar-refractivity contribution is 5.61. The molecule has 1 aliphatic carbocycles. The zero-order valence-corrected chi connectivity index (χ0v) is 47.1. The molecule has 0 radical (unpaired) electrons. The van der Waals surface area contributed by atoms with E-state index < -0.39 is 0 Å². The Bertz CT molecular complexity index is 1490. The fraction of sp³-hybridized carbons (Fsp3) is 0.564. The summed E-state index contributed by atoms with van der Waals surface area (Å²) in [6, 6.07) is 38.9. The maximum atomic E-state index is 4.87. The minimum absolute atomic E-state index is 0. The Hall–Kier alpha value is -4.58. The predicted molar refractivity (Wildman–Crippen MR) is 305 cm³/mol. The molecule has 0 bridgehead atoms. The number of para-hydroxylation sites is 3. The molecule has 1 aliphatic rings. The number of rotatable bonds is 9. The predicted octanol–water partition coefficient (Wildman–Crippen LogP) is 10.2. The summed E-state index contributed by atoms with van der Waals surface area (Å²) >= 11 is 0. The zero-order chi connectivity index (χ0) is 52.4. The van der Waals surface area contributed by atoms with Crippen molar-refractivity contribution in [2.45, 2.75) is 78.8 Å². The summed E-state index contributed by atoms with van der Waals surface area (Å²) in [6.07, 6.45) is 8.76. The number of benzene rings is 3. The molecule has 0 amide bonds. The lowest BCUT2D eigenvalue weighted by Crippen LogP contribution is -2.38. The highest BCUT2D eigenvalue weighted by Crippen LogP contribution is 2.22. The first kappa shape index (κ1) is 71.4. The minimum atomic E-state index is 0. The Kier molecular flexibility index (Phi) is 55.8. The molecule has 0 spiro atoms. The second-order valence-corrected chi connectivity index (χ2v) is 16.4. The molecule has 1 fully saturated rings. The smallest absolute Gasteiger partial charge is 0.192 e. The Morgan fingerprint density at radius 3 is 1.18 bits per heavy atom. The first-order valence-corrected chi connectivity index (χ1v) is 23.7. The molecule has 12 heteroatoms. The molecule has 4 aromatic rings. The van der Waals surface area contributed by atoms with E-state index in [1.165, 1.54) is 56.2 Å². The SMILES string of the molecule is CC#CN(C)C.CC(C)N(C)N(C)C.CCN(C)CC.CN.CN(C)C.CN(C)c1ccccc1.CN(c1ccccc1)c1ccccc1.CNC.CNC1CCCCC1.CNc1ccco1.[HH]. The van der Waals surface area contributed by atoms with Crippen LogP contribution in [0.1, 0.15) is 68.1 Å². The van der Waals surface area contributed by atoms with Crippen LogP contribution in [0.25, 0.3) is 0 Å². The minimum Gasteiger partial charge on any atom is -0.449 e. The van der Waals surface area contributed by atoms with Gasteiger partial charge in [-0.1, -0.05) is 93.6 Å². The van der Waals surface area contributed by atoms with E-state index in [0.717, 1.165) is 25.0 Å². The molecular weight excluding hydrogens is 831 g/mol. The van der Waals surface area contributed by atoms with Gasteiger partial charge in [-0.3, -0.25) is 0 Å². The maximum Gasteiger partial charge on any atom is 0.192 e. The van der Waals surface area contributed by atoms with Crippen LogP contribution in [0, 0.1) is 12.0 Å². The van der Waals surface area contributed by atoms with Gasteiger partial charge in [0, 0.05) is 106 Å². The monoisotopic (exact) mass is 938 g/mol. The summed E-state index contributed by atoms with van der Waals surface area (Å²) in [4.78, 5) is 10.3. The highest BCUT2D eigenvalue weighted by Gasteiger charge is 2.09. The molecule has 0 atom stereocenters. The van der Waals surface area contributed by atoms with Crippen LogP contribution in [0.3, 0.4) is 0 Å². The summed E-state index contributed by atoms with van der Waals surface area (Å²) < 4.78 is 4.87. The van der Waals surface area contributed by atoms with E-state index in [0.29, 0.717) is 6.04 Å². The Balaban J connectivity index is -0.000000163. The van der Waals surface area contributed by atoms with Crippen LogP contribution < -0.4 is 31.5 Å². The lowest BCUT2D eigenvalue weighted by Gasteiger charge is -2.27. The van der Waals surface area contributed by atoms with E-state index in [2.05, 4.69) is 175 Å². The van der Waals surface area contributed by atoms with Crippen molar-refractivity contribution in [3.8, 4) is 12.0 Å². The van der Waals surface area contributed by atoms with Crippen molar-refractivity contribution in [3.63, 3.8) is 0 Å². The van der Waals surface area contributed by atoms with Crippen LogP contribution in [-0.4, -0.2) is 170 Å². The van der Waals surface area contributed by atoms with E-state index >= 15 is 0 Å². The van der Waals surface area contributed by atoms with Crippen LogP contribution in [0.5, 0.6) is 0 Å². The van der Waals surface area contributed by atoms with Crippen LogP contribution in [0.2, 0.25) is 0 Å². The van der Waals surface area contributed by atoms with Gasteiger partial charge in [0.1, 0.15) is 0 Å². The van der Waals surface area contributed by atoms with E-state index in [-0.39, 0.29) is 1.43 Å². The zero-order valence-electron chi connectivity index (χ0n) is 47.1. The molecule has 388 valence electrons. The van der Waals surface area contributed by atoms with Gasteiger partial charge in [0.05, 0.1) is 6.26 Å². The van der Waals surface area contributed by atoms with Gasteiger partial charge >= 0.3 is 0 Å². The first-order valence-electron chi connectivity index (χ1n) is 23.7. The quantitative estimate of drug-likeness (QED) is 0.0731. The van der Waals surface area contributed by atoms with Gasteiger partial charge in [-0.05, 0) is 146 Å². The van der Waals surface area contributed by atoms with Gasteiger partial charge in [0.15, 0.2) is 5.88 Å². The molecule has 67 heavy (non-hydrogen) atoms. The summed E-state index contributed by atoms with van der Waals surface area (Å²) in [7, 11) is 33.4. The van der Waals surface area contributed by atoms with E-state index in [1.54, 1.807) is 6.26 Å². The van der Waals surface area contributed by atoms with Gasteiger partial charge in [-0.15, -0.1) is 0 Å². The Labute approximate surface area is 416 Å².